The molecule has 0 aromatic carbocycles. The van der Waals surface area contributed by atoms with Crippen molar-refractivity contribution in [3.63, 3.8) is 0 Å². The van der Waals surface area contributed by atoms with E-state index in [1.165, 1.54) is 7.05 Å². The van der Waals surface area contributed by atoms with Gasteiger partial charge in [0.1, 0.15) is 0 Å². The van der Waals surface area contributed by atoms with E-state index in [1.54, 1.807) is 6.20 Å². The lowest BCUT2D eigenvalue weighted by Crippen LogP contribution is -2.34. The van der Waals surface area contributed by atoms with Crippen molar-refractivity contribution in [2.24, 2.45) is 7.05 Å². The molecule has 8 nitrogen and oxygen atoms in total. The van der Waals surface area contributed by atoms with Crippen LogP contribution in [0.4, 0.5) is 13.2 Å². The number of aryl methyl sites for hydroxylation is 2. The molecule has 1 atom stereocenters. The molecule has 2 aliphatic rings. The number of nitrogens with one attached hydrogen (secondary N) is 1. The number of pyridine rings is 1. The van der Waals surface area contributed by atoms with Crippen LogP contribution in [-0.2, 0) is 19.8 Å². The standard InChI is InChI=1S/C20H20F3N7O/c1-29-17(26-19(28-29)20(21,22)23)18(31)25-13-3-2-8-30-16(13)10-15(27-30)12-6-7-24-14(9-12)11-4-5-11/h6-7,9-11,13H,2-5,8H2,1H3,(H,25,31)/t13-/m1/s1. The molecule has 0 spiro atoms. The molecule has 5 rings (SSSR count). The summed E-state index contributed by atoms with van der Waals surface area (Å²) in [4.78, 5) is 20.5. The summed E-state index contributed by atoms with van der Waals surface area (Å²) in [6.45, 7) is 0.713. The molecule has 3 aromatic rings. The molecule has 11 heteroatoms. The number of halogens is 3. The summed E-state index contributed by atoms with van der Waals surface area (Å²) in [7, 11) is 1.27. The van der Waals surface area contributed by atoms with E-state index in [1.807, 2.05) is 16.8 Å². The number of carbonyl (C=O) groups excluding carboxylic acids is 1. The largest absolute Gasteiger partial charge is 0.453 e. The number of aromatic nitrogens is 6. The predicted octanol–water partition coefficient (Wildman–Crippen LogP) is 3.23. The fraction of sp³-hybridized carbons (Fsp3) is 0.450. The summed E-state index contributed by atoms with van der Waals surface area (Å²) in [5.74, 6) is -1.89. The Balaban J connectivity index is 1.39. The van der Waals surface area contributed by atoms with Gasteiger partial charge < -0.3 is 5.32 Å². The van der Waals surface area contributed by atoms with Gasteiger partial charge in [0.25, 0.3) is 11.7 Å². The maximum atomic E-state index is 12.9. The number of amides is 1. The molecule has 4 heterocycles. The summed E-state index contributed by atoms with van der Waals surface area (Å²) in [6.07, 6.45) is 0.829. The van der Waals surface area contributed by atoms with Crippen LogP contribution < -0.4 is 5.32 Å². The van der Waals surface area contributed by atoms with Crippen molar-refractivity contribution >= 4 is 5.91 Å². The Hall–Kier alpha value is -3.24. The van der Waals surface area contributed by atoms with Gasteiger partial charge in [0.2, 0.25) is 5.82 Å². The average Bonchev–Trinajstić information content (AvgIpc) is 3.35. The van der Waals surface area contributed by atoms with Crippen LogP contribution in [0.25, 0.3) is 11.3 Å². The zero-order valence-electron chi connectivity index (χ0n) is 16.7. The van der Waals surface area contributed by atoms with Gasteiger partial charge in [0.15, 0.2) is 0 Å². The summed E-state index contributed by atoms with van der Waals surface area (Å²) in [5, 5.41) is 10.8. The molecule has 1 amide bonds. The summed E-state index contributed by atoms with van der Waals surface area (Å²) in [6, 6.07) is 5.51. The predicted molar refractivity (Wildman–Crippen MR) is 103 cm³/mol. The second kappa shape index (κ2) is 7.17. The number of nitrogens with zero attached hydrogens (tertiary/aromatic N) is 6. The van der Waals surface area contributed by atoms with Crippen molar-refractivity contribution in [2.45, 2.75) is 50.4 Å². The van der Waals surface area contributed by atoms with Crippen LogP contribution in [0.1, 0.15) is 65.5 Å². The highest BCUT2D eigenvalue weighted by Gasteiger charge is 2.38. The van der Waals surface area contributed by atoms with Gasteiger partial charge >= 0.3 is 6.18 Å². The number of rotatable bonds is 4. The lowest BCUT2D eigenvalue weighted by Gasteiger charge is -2.24. The molecular weight excluding hydrogens is 411 g/mol. The van der Waals surface area contributed by atoms with Crippen LogP contribution in [0, 0.1) is 0 Å². The normalized spacial score (nSPS) is 18.6. The highest BCUT2D eigenvalue weighted by Crippen LogP contribution is 2.40. The maximum absolute atomic E-state index is 12.9. The van der Waals surface area contributed by atoms with E-state index in [4.69, 9.17) is 0 Å². The maximum Gasteiger partial charge on any atom is 0.453 e. The molecule has 1 N–H and O–H groups in total. The third kappa shape index (κ3) is 3.79. The van der Waals surface area contributed by atoms with Crippen LogP contribution in [-0.4, -0.2) is 35.4 Å². The van der Waals surface area contributed by atoms with Crippen molar-refractivity contribution < 1.29 is 18.0 Å². The van der Waals surface area contributed by atoms with Crippen LogP contribution in [0.5, 0.6) is 0 Å². The Bertz CT molecular complexity index is 1150. The van der Waals surface area contributed by atoms with Gasteiger partial charge in [0, 0.05) is 37.0 Å². The van der Waals surface area contributed by atoms with Crippen molar-refractivity contribution in [3.05, 3.63) is 47.4 Å². The second-order valence-electron chi connectivity index (χ2n) is 7.97. The first kappa shape index (κ1) is 19.7. The summed E-state index contributed by atoms with van der Waals surface area (Å²) >= 11 is 0. The van der Waals surface area contributed by atoms with E-state index in [2.05, 4.69) is 31.5 Å². The fourth-order valence-electron chi connectivity index (χ4n) is 3.91. The molecule has 3 aromatic heterocycles. The molecule has 0 radical (unpaired) electrons. The average molecular weight is 431 g/mol. The first-order valence-corrected chi connectivity index (χ1v) is 10.1. The third-order valence-electron chi connectivity index (χ3n) is 5.63. The second-order valence-corrected chi connectivity index (χ2v) is 7.97. The Kier molecular flexibility index (Phi) is 4.56. The lowest BCUT2D eigenvalue weighted by atomic mass is 10.0. The lowest BCUT2D eigenvalue weighted by molar-refractivity contribution is -0.144. The minimum absolute atomic E-state index is 0.377. The van der Waals surface area contributed by atoms with Gasteiger partial charge in [-0.05, 0) is 43.9 Å². The Morgan fingerprint density at radius 3 is 2.71 bits per heavy atom. The van der Waals surface area contributed by atoms with E-state index in [0.29, 0.717) is 18.9 Å². The molecule has 1 fully saturated rings. The van der Waals surface area contributed by atoms with Crippen molar-refractivity contribution in [1.29, 1.82) is 0 Å². The van der Waals surface area contributed by atoms with Gasteiger partial charge in [-0.3, -0.25) is 14.5 Å². The van der Waals surface area contributed by atoms with E-state index < -0.39 is 17.9 Å². The minimum atomic E-state index is -4.71. The van der Waals surface area contributed by atoms with Gasteiger partial charge in [0.05, 0.1) is 17.4 Å². The Labute approximate surface area is 175 Å². The van der Waals surface area contributed by atoms with Gasteiger partial charge in [-0.15, -0.1) is 5.10 Å². The highest BCUT2D eigenvalue weighted by molar-refractivity contribution is 5.91. The topological polar surface area (TPSA) is 90.5 Å². The first-order chi connectivity index (χ1) is 14.8. The van der Waals surface area contributed by atoms with E-state index in [0.717, 1.165) is 46.6 Å². The quantitative estimate of drug-likeness (QED) is 0.685. The number of hydrogen-bond donors (Lipinski definition) is 1. The van der Waals surface area contributed by atoms with Crippen LogP contribution in [0.15, 0.2) is 24.4 Å². The van der Waals surface area contributed by atoms with Gasteiger partial charge in [-0.2, -0.15) is 23.3 Å². The molecule has 1 aliphatic carbocycles. The number of fused-ring (bicyclic) bond motifs is 1. The fourth-order valence-corrected chi connectivity index (χ4v) is 3.91. The molecule has 31 heavy (non-hydrogen) atoms. The number of carbonyl (C=O) groups is 1. The summed E-state index contributed by atoms with van der Waals surface area (Å²) < 4.78 is 41.3. The van der Waals surface area contributed by atoms with E-state index in [9.17, 15) is 18.0 Å². The van der Waals surface area contributed by atoms with Gasteiger partial charge in [-0.1, -0.05) is 0 Å². The Morgan fingerprint density at radius 2 is 2.00 bits per heavy atom. The smallest absolute Gasteiger partial charge is 0.341 e. The summed E-state index contributed by atoms with van der Waals surface area (Å²) in [5.41, 5.74) is 3.64. The zero-order valence-corrected chi connectivity index (χ0v) is 16.7. The SMILES string of the molecule is Cn1nc(C(F)(F)F)nc1C(=O)N[C@@H]1CCCn2nc(-c3ccnc(C4CC4)c3)cc21. The molecule has 0 saturated heterocycles. The number of hydrogen-bond acceptors (Lipinski definition) is 5. The zero-order chi connectivity index (χ0) is 21.8. The van der Waals surface area contributed by atoms with Crippen molar-refractivity contribution in [2.75, 3.05) is 0 Å². The van der Waals surface area contributed by atoms with Gasteiger partial charge in [-0.25, -0.2) is 4.68 Å². The molecule has 0 bridgehead atoms. The van der Waals surface area contributed by atoms with Crippen LogP contribution >= 0.6 is 0 Å². The van der Waals surface area contributed by atoms with Crippen molar-refractivity contribution in [3.8, 4) is 11.3 Å². The first-order valence-electron chi connectivity index (χ1n) is 10.1. The highest BCUT2D eigenvalue weighted by atomic mass is 19.4. The molecule has 162 valence electrons. The van der Waals surface area contributed by atoms with E-state index in [-0.39, 0.29) is 11.9 Å². The number of alkyl halides is 3. The molecule has 0 unspecified atom stereocenters. The molecule has 1 aliphatic heterocycles. The van der Waals surface area contributed by atoms with E-state index >= 15 is 0 Å². The Morgan fingerprint density at radius 1 is 1.19 bits per heavy atom. The third-order valence-corrected chi connectivity index (χ3v) is 5.63. The van der Waals surface area contributed by atoms with Crippen LogP contribution in [0.3, 0.4) is 0 Å². The molecular formula is C20H20F3N7O. The van der Waals surface area contributed by atoms with Crippen LogP contribution in [0.2, 0.25) is 0 Å². The minimum Gasteiger partial charge on any atom is -0.341 e. The van der Waals surface area contributed by atoms with Crippen molar-refractivity contribution in [1.82, 2.24) is 34.8 Å². The molecule has 1 saturated carbocycles. The monoisotopic (exact) mass is 431 g/mol.